The Morgan fingerprint density at radius 2 is 1.33 bits per heavy atom. The molecule has 1 heterocycles. The highest BCUT2D eigenvalue weighted by molar-refractivity contribution is 6.22. The average Bonchev–Trinajstić information content (AvgIpc) is 3.25. The van der Waals surface area contributed by atoms with Crippen molar-refractivity contribution in [3.63, 3.8) is 0 Å². The van der Waals surface area contributed by atoms with Gasteiger partial charge in [0, 0.05) is 18.5 Å². The maximum Gasteiger partial charge on any atom is 0.262 e. The van der Waals surface area contributed by atoms with Crippen LogP contribution in [0.3, 0.4) is 0 Å². The molecule has 0 spiro atoms. The first kappa shape index (κ1) is 28.4. The number of aryl methyl sites for hydroxylation is 2. The molecule has 0 saturated carbocycles. The van der Waals surface area contributed by atoms with Crippen molar-refractivity contribution < 1.29 is 19.2 Å². The number of anilines is 1. The van der Waals surface area contributed by atoms with Gasteiger partial charge in [-0.25, -0.2) is 0 Å². The van der Waals surface area contributed by atoms with Crippen molar-refractivity contribution in [3.8, 4) is 0 Å². The van der Waals surface area contributed by atoms with E-state index in [-0.39, 0.29) is 23.3 Å². The molecular formula is C36H32N2O4. The minimum atomic E-state index is -0.641. The SMILES string of the molecule is Cc1ccccc1N(C(=O)CN1C(=O)c2ccccc2C1=O)C(/C=C/c1ccccc1)CC(=O)CCc1ccccc1. The number of imide groups is 1. The number of hydrogen-bond acceptors (Lipinski definition) is 4. The second-order valence-corrected chi connectivity index (χ2v) is 10.4. The van der Waals surface area contributed by atoms with E-state index < -0.39 is 30.3 Å². The van der Waals surface area contributed by atoms with E-state index in [1.807, 2.05) is 104 Å². The third kappa shape index (κ3) is 6.44. The zero-order chi connectivity index (χ0) is 29.5. The Morgan fingerprint density at radius 1 is 0.762 bits per heavy atom. The van der Waals surface area contributed by atoms with E-state index in [1.165, 1.54) is 0 Å². The van der Waals surface area contributed by atoms with Crippen LogP contribution in [-0.2, 0) is 16.0 Å². The van der Waals surface area contributed by atoms with E-state index in [0.29, 0.717) is 18.5 Å². The second-order valence-electron chi connectivity index (χ2n) is 10.4. The molecule has 4 aromatic rings. The first-order valence-electron chi connectivity index (χ1n) is 14.0. The third-order valence-corrected chi connectivity index (χ3v) is 7.43. The molecular weight excluding hydrogens is 524 g/mol. The number of rotatable bonds is 11. The molecule has 1 aliphatic rings. The van der Waals surface area contributed by atoms with Crippen molar-refractivity contribution in [2.45, 2.75) is 32.2 Å². The number of ketones is 1. The standard InChI is InChI=1S/C36H32N2O4/c1-26-12-8-11-19-33(26)38(34(40)25-37-35(41)31-17-9-10-18-32(31)36(37)42)29(22-20-27-13-4-2-5-14-27)24-30(39)23-21-28-15-6-3-7-16-28/h2-20,22,29H,21,23-25H2,1H3/b22-20+. The Balaban J connectivity index is 1.46. The van der Waals surface area contributed by atoms with Crippen LogP contribution in [0.2, 0.25) is 0 Å². The zero-order valence-corrected chi connectivity index (χ0v) is 23.5. The number of nitrogens with zero attached hydrogens (tertiary/aromatic N) is 2. The fourth-order valence-electron chi connectivity index (χ4n) is 5.22. The van der Waals surface area contributed by atoms with E-state index in [4.69, 9.17) is 0 Å². The Bertz CT molecular complexity index is 1590. The minimum absolute atomic E-state index is 0.00804. The fraction of sp³-hybridized carbons (Fsp3) is 0.167. The van der Waals surface area contributed by atoms with Crippen LogP contribution < -0.4 is 4.90 Å². The van der Waals surface area contributed by atoms with E-state index in [1.54, 1.807) is 29.2 Å². The largest absolute Gasteiger partial charge is 0.303 e. The Kier molecular flexibility index (Phi) is 8.83. The van der Waals surface area contributed by atoms with Gasteiger partial charge < -0.3 is 4.90 Å². The van der Waals surface area contributed by atoms with Gasteiger partial charge in [-0.05, 0) is 48.2 Å². The lowest BCUT2D eigenvalue weighted by atomic mass is 9.99. The van der Waals surface area contributed by atoms with Gasteiger partial charge in [-0.3, -0.25) is 24.1 Å². The molecule has 0 saturated heterocycles. The zero-order valence-electron chi connectivity index (χ0n) is 23.5. The number of para-hydroxylation sites is 1. The van der Waals surface area contributed by atoms with Crippen LogP contribution in [0.1, 0.15) is 50.2 Å². The number of carbonyl (C=O) groups is 4. The topological polar surface area (TPSA) is 74.8 Å². The second kappa shape index (κ2) is 13.0. The van der Waals surface area contributed by atoms with Crippen LogP contribution in [-0.4, -0.2) is 41.0 Å². The Labute approximate surface area is 245 Å². The molecule has 1 unspecified atom stereocenters. The summed E-state index contributed by atoms with van der Waals surface area (Å²) in [5, 5.41) is 0. The van der Waals surface area contributed by atoms with Crippen molar-refractivity contribution in [2.75, 3.05) is 11.4 Å². The lowest BCUT2D eigenvalue weighted by Crippen LogP contribution is -2.47. The van der Waals surface area contributed by atoms with Gasteiger partial charge in [0.15, 0.2) is 0 Å². The first-order chi connectivity index (χ1) is 20.4. The first-order valence-corrected chi connectivity index (χ1v) is 14.0. The average molecular weight is 557 g/mol. The molecule has 0 radical (unpaired) electrons. The molecule has 6 nitrogen and oxygen atoms in total. The summed E-state index contributed by atoms with van der Waals surface area (Å²) in [6, 6.07) is 32.9. The molecule has 1 atom stereocenters. The van der Waals surface area contributed by atoms with Gasteiger partial charge in [0.1, 0.15) is 12.3 Å². The molecule has 5 rings (SSSR count). The van der Waals surface area contributed by atoms with Gasteiger partial charge in [-0.1, -0.05) is 103 Å². The van der Waals surface area contributed by atoms with Crippen molar-refractivity contribution in [1.82, 2.24) is 4.90 Å². The van der Waals surface area contributed by atoms with Crippen molar-refractivity contribution >= 4 is 35.3 Å². The van der Waals surface area contributed by atoms with Crippen LogP contribution >= 0.6 is 0 Å². The highest BCUT2D eigenvalue weighted by Crippen LogP contribution is 2.28. The van der Waals surface area contributed by atoms with E-state index in [0.717, 1.165) is 21.6 Å². The minimum Gasteiger partial charge on any atom is -0.303 e. The summed E-state index contributed by atoms with van der Waals surface area (Å²) in [4.78, 5) is 56.3. The molecule has 0 aromatic heterocycles. The van der Waals surface area contributed by atoms with Crippen LogP contribution in [0, 0.1) is 6.92 Å². The molecule has 0 N–H and O–H groups in total. The van der Waals surface area contributed by atoms with Crippen molar-refractivity contribution in [3.05, 3.63) is 143 Å². The van der Waals surface area contributed by atoms with Crippen LogP contribution in [0.4, 0.5) is 5.69 Å². The van der Waals surface area contributed by atoms with Gasteiger partial charge >= 0.3 is 0 Å². The van der Waals surface area contributed by atoms with Gasteiger partial charge in [0.05, 0.1) is 17.2 Å². The summed E-state index contributed by atoms with van der Waals surface area (Å²) in [7, 11) is 0. The third-order valence-electron chi connectivity index (χ3n) is 7.43. The van der Waals surface area contributed by atoms with Crippen LogP contribution in [0.15, 0.2) is 115 Å². The molecule has 4 aromatic carbocycles. The number of benzene rings is 4. The predicted molar refractivity (Wildman–Crippen MR) is 164 cm³/mol. The summed E-state index contributed by atoms with van der Waals surface area (Å²) >= 11 is 0. The Hall–Kier alpha value is -5.10. The number of fused-ring (bicyclic) bond motifs is 1. The summed E-state index contributed by atoms with van der Waals surface area (Å²) < 4.78 is 0. The van der Waals surface area contributed by atoms with Crippen LogP contribution in [0.5, 0.6) is 0 Å². The van der Waals surface area contributed by atoms with Gasteiger partial charge in [-0.2, -0.15) is 0 Å². The van der Waals surface area contributed by atoms with Gasteiger partial charge in [0.25, 0.3) is 11.8 Å². The number of amides is 3. The molecule has 42 heavy (non-hydrogen) atoms. The molecule has 0 fully saturated rings. The molecule has 3 amide bonds. The fourth-order valence-corrected chi connectivity index (χ4v) is 5.22. The number of Topliss-reactive ketones (excluding diaryl/α,β-unsaturated/α-hetero) is 1. The normalized spacial score (nSPS) is 13.3. The highest BCUT2D eigenvalue weighted by atomic mass is 16.2. The van der Waals surface area contributed by atoms with Gasteiger partial charge in [0.2, 0.25) is 5.91 Å². The monoisotopic (exact) mass is 556 g/mol. The summed E-state index contributed by atoms with van der Waals surface area (Å²) in [5.74, 6) is -1.43. The lowest BCUT2D eigenvalue weighted by molar-refractivity contribution is -0.120. The summed E-state index contributed by atoms with van der Waals surface area (Å²) in [5.41, 5.74) is 4.03. The van der Waals surface area contributed by atoms with Crippen molar-refractivity contribution in [2.24, 2.45) is 0 Å². The van der Waals surface area contributed by atoms with Crippen LogP contribution in [0.25, 0.3) is 6.08 Å². The van der Waals surface area contributed by atoms with E-state index >= 15 is 0 Å². The Morgan fingerprint density at radius 3 is 1.98 bits per heavy atom. The molecule has 210 valence electrons. The smallest absolute Gasteiger partial charge is 0.262 e. The quantitative estimate of drug-likeness (QED) is 0.203. The maximum atomic E-state index is 14.1. The van der Waals surface area contributed by atoms with Crippen molar-refractivity contribution in [1.29, 1.82) is 0 Å². The molecule has 0 bridgehead atoms. The molecule has 1 aliphatic heterocycles. The number of carbonyl (C=O) groups excluding carboxylic acids is 4. The maximum absolute atomic E-state index is 14.1. The lowest BCUT2D eigenvalue weighted by Gasteiger charge is -2.32. The van der Waals surface area contributed by atoms with E-state index in [9.17, 15) is 19.2 Å². The summed E-state index contributed by atoms with van der Waals surface area (Å²) in [6.07, 6.45) is 4.77. The highest BCUT2D eigenvalue weighted by Gasteiger charge is 2.38. The van der Waals surface area contributed by atoms with E-state index in [2.05, 4.69) is 0 Å². The van der Waals surface area contributed by atoms with Gasteiger partial charge in [-0.15, -0.1) is 0 Å². The predicted octanol–water partition coefficient (Wildman–Crippen LogP) is 6.30. The molecule has 6 heteroatoms. The number of hydrogen-bond donors (Lipinski definition) is 0. The summed E-state index contributed by atoms with van der Waals surface area (Å²) in [6.45, 7) is 1.46. The molecule has 0 aliphatic carbocycles.